The third-order valence-electron chi connectivity index (χ3n) is 2.20. The number of rotatable bonds is 3. The minimum atomic E-state index is -0.639. The highest BCUT2D eigenvalue weighted by Crippen LogP contribution is 2.25. The smallest absolute Gasteiger partial charge is 0.154 e. The number of hydrogen-bond acceptors (Lipinski definition) is 5. The molecule has 0 unspecified atom stereocenters. The van der Waals surface area contributed by atoms with Gasteiger partial charge in [-0.05, 0) is 48.2 Å². The molecule has 6 heteroatoms. The van der Waals surface area contributed by atoms with E-state index in [4.69, 9.17) is 10.4 Å². The molecule has 0 atom stereocenters. The summed E-state index contributed by atoms with van der Waals surface area (Å²) in [5.41, 5.74) is 0.600. The molecule has 0 aliphatic rings. The number of phenols is 1. The second-order valence-electron chi connectivity index (χ2n) is 3.52. The number of thiocyanates is 1. The molecule has 0 aromatic heterocycles. The lowest BCUT2D eigenvalue weighted by atomic mass is 10.3. The van der Waals surface area contributed by atoms with E-state index in [2.05, 4.69) is 10.2 Å². The van der Waals surface area contributed by atoms with E-state index in [1.54, 1.807) is 24.3 Å². The molecule has 0 heterocycles. The lowest BCUT2D eigenvalue weighted by Crippen LogP contribution is -1.74. The summed E-state index contributed by atoms with van der Waals surface area (Å²) in [6.07, 6.45) is 0. The monoisotopic (exact) mass is 273 g/mol. The van der Waals surface area contributed by atoms with Crippen molar-refractivity contribution in [2.75, 3.05) is 0 Å². The molecule has 0 spiro atoms. The van der Waals surface area contributed by atoms with E-state index in [0.29, 0.717) is 5.69 Å². The summed E-state index contributed by atoms with van der Waals surface area (Å²) in [6, 6.07) is 10.5. The quantitative estimate of drug-likeness (QED) is 0.508. The van der Waals surface area contributed by atoms with Crippen molar-refractivity contribution < 1.29 is 9.50 Å². The number of thioether (sulfide) groups is 1. The van der Waals surface area contributed by atoms with Gasteiger partial charge in [0.05, 0.1) is 5.69 Å². The molecular formula is C13H8FN3OS. The van der Waals surface area contributed by atoms with Gasteiger partial charge in [0.1, 0.15) is 16.8 Å². The van der Waals surface area contributed by atoms with Crippen LogP contribution in [-0.2, 0) is 0 Å². The second kappa shape index (κ2) is 5.98. The van der Waals surface area contributed by atoms with Crippen LogP contribution in [0.2, 0.25) is 0 Å². The van der Waals surface area contributed by atoms with Crippen LogP contribution in [0.3, 0.4) is 0 Å². The van der Waals surface area contributed by atoms with Crippen LogP contribution >= 0.6 is 11.8 Å². The Balaban J connectivity index is 2.16. The van der Waals surface area contributed by atoms with Crippen LogP contribution in [0.4, 0.5) is 15.8 Å². The summed E-state index contributed by atoms with van der Waals surface area (Å²) >= 11 is 1.05. The summed E-state index contributed by atoms with van der Waals surface area (Å²) in [5, 5.41) is 27.2. The molecule has 0 saturated heterocycles. The van der Waals surface area contributed by atoms with Gasteiger partial charge in [-0.3, -0.25) is 0 Å². The Morgan fingerprint density at radius 3 is 2.47 bits per heavy atom. The molecule has 0 saturated carbocycles. The fourth-order valence-electron chi connectivity index (χ4n) is 1.32. The zero-order valence-corrected chi connectivity index (χ0v) is 10.4. The third-order valence-corrected chi connectivity index (χ3v) is 2.80. The summed E-state index contributed by atoms with van der Waals surface area (Å²) in [7, 11) is 0. The lowest BCUT2D eigenvalue weighted by molar-refractivity contribution is 0.469. The Hall–Kier alpha value is -2.39. The molecule has 0 amide bonds. The number of azo groups is 1. The lowest BCUT2D eigenvalue weighted by Gasteiger charge is -1.97. The average molecular weight is 273 g/mol. The number of aromatic hydroxyl groups is 1. The molecule has 0 aliphatic heterocycles. The van der Waals surface area contributed by atoms with Crippen LogP contribution < -0.4 is 0 Å². The van der Waals surface area contributed by atoms with Crippen LogP contribution in [-0.4, -0.2) is 5.11 Å². The highest BCUT2D eigenvalue weighted by molar-refractivity contribution is 8.03. The summed E-state index contributed by atoms with van der Waals surface area (Å²) in [5.74, 6) is -0.797. The molecule has 2 aromatic carbocycles. The van der Waals surface area contributed by atoms with Gasteiger partial charge in [-0.15, -0.1) is 5.11 Å². The van der Waals surface area contributed by atoms with Gasteiger partial charge in [0.15, 0.2) is 5.82 Å². The summed E-state index contributed by atoms with van der Waals surface area (Å²) in [4.78, 5) is 0.803. The van der Waals surface area contributed by atoms with E-state index in [1.807, 2.05) is 5.40 Å². The fourth-order valence-corrected chi connectivity index (χ4v) is 1.70. The Kier molecular flexibility index (Phi) is 4.11. The molecule has 0 bridgehead atoms. The topological polar surface area (TPSA) is 68.7 Å². The number of phenolic OH excluding ortho intramolecular Hbond substituents is 1. The molecule has 2 rings (SSSR count). The van der Waals surface area contributed by atoms with Gasteiger partial charge in [0, 0.05) is 11.0 Å². The molecule has 0 aliphatic carbocycles. The van der Waals surface area contributed by atoms with Crippen LogP contribution in [0.5, 0.6) is 5.75 Å². The molecule has 94 valence electrons. The standard InChI is InChI=1S/C13H8FN3OS/c14-12-7-10(18)3-6-13(12)17-16-9-1-4-11(5-2-9)19-8-15/h1-7,18H. The van der Waals surface area contributed by atoms with Crippen molar-refractivity contribution in [3.63, 3.8) is 0 Å². The van der Waals surface area contributed by atoms with E-state index in [1.165, 1.54) is 12.1 Å². The zero-order valence-electron chi connectivity index (χ0n) is 9.62. The fraction of sp³-hybridized carbons (Fsp3) is 0. The molecule has 4 nitrogen and oxygen atoms in total. The van der Waals surface area contributed by atoms with Crippen LogP contribution in [0.15, 0.2) is 57.6 Å². The van der Waals surface area contributed by atoms with E-state index in [0.717, 1.165) is 22.7 Å². The molecule has 1 N–H and O–H groups in total. The molecule has 19 heavy (non-hydrogen) atoms. The molecular weight excluding hydrogens is 265 g/mol. The summed E-state index contributed by atoms with van der Waals surface area (Å²) < 4.78 is 13.4. The highest BCUT2D eigenvalue weighted by Gasteiger charge is 2.01. The van der Waals surface area contributed by atoms with Crippen LogP contribution in [0.25, 0.3) is 0 Å². The largest absolute Gasteiger partial charge is 0.508 e. The van der Waals surface area contributed by atoms with Gasteiger partial charge in [-0.25, -0.2) is 4.39 Å². The molecule has 2 aromatic rings. The molecule has 0 radical (unpaired) electrons. The van der Waals surface area contributed by atoms with Gasteiger partial charge >= 0.3 is 0 Å². The van der Waals surface area contributed by atoms with Crippen molar-refractivity contribution in [1.82, 2.24) is 0 Å². The SMILES string of the molecule is N#CSc1ccc(N=Nc2ccc(O)cc2F)cc1. The highest BCUT2D eigenvalue weighted by atomic mass is 32.2. The van der Waals surface area contributed by atoms with E-state index in [-0.39, 0.29) is 11.4 Å². The van der Waals surface area contributed by atoms with E-state index < -0.39 is 5.82 Å². The van der Waals surface area contributed by atoms with Gasteiger partial charge in [0.2, 0.25) is 0 Å². The first kappa shape index (κ1) is 13.1. The van der Waals surface area contributed by atoms with E-state index >= 15 is 0 Å². The van der Waals surface area contributed by atoms with Gasteiger partial charge < -0.3 is 5.11 Å². The first-order chi connectivity index (χ1) is 9.19. The van der Waals surface area contributed by atoms with Crippen LogP contribution in [0.1, 0.15) is 0 Å². The Labute approximate surface area is 113 Å². The maximum absolute atomic E-state index is 13.4. The predicted octanol–water partition coefficient (Wildman–Crippen LogP) is 4.52. The van der Waals surface area contributed by atoms with Crippen molar-refractivity contribution >= 4 is 23.1 Å². The maximum Gasteiger partial charge on any atom is 0.154 e. The van der Waals surface area contributed by atoms with Gasteiger partial charge in [-0.2, -0.15) is 10.4 Å². The van der Waals surface area contributed by atoms with Crippen molar-refractivity contribution in [3.05, 3.63) is 48.3 Å². The van der Waals surface area contributed by atoms with Crippen LogP contribution in [0, 0.1) is 16.5 Å². The second-order valence-corrected chi connectivity index (χ2v) is 4.38. The Morgan fingerprint density at radius 1 is 1.11 bits per heavy atom. The third kappa shape index (κ3) is 3.53. The van der Waals surface area contributed by atoms with E-state index in [9.17, 15) is 4.39 Å². The number of hydrogen-bond donors (Lipinski definition) is 1. The first-order valence-corrected chi connectivity index (χ1v) is 6.07. The minimum absolute atomic E-state index is 0.0493. The number of nitrogens with zero attached hydrogens (tertiary/aromatic N) is 3. The van der Waals surface area contributed by atoms with Crippen molar-refractivity contribution in [2.45, 2.75) is 4.90 Å². The normalized spacial score (nSPS) is 10.5. The Bertz CT molecular complexity index is 650. The number of benzene rings is 2. The van der Waals surface area contributed by atoms with Gasteiger partial charge in [0.25, 0.3) is 0 Å². The van der Waals surface area contributed by atoms with Crippen molar-refractivity contribution in [1.29, 1.82) is 5.26 Å². The number of halogens is 1. The van der Waals surface area contributed by atoms with Crippen molar-refractivity contribution in [3.8, 4) is 11.2 Å². The van der Waals surface area contributed by atoms with Crippen molar-refractivity contribution in [2.24, 2.45) is 10.2 Å². The minimum Gasteiger partial charge on any atom is -0.508 e. The summed E-state index contributed by atoms with van der Waals surface area (Å²) in [6.45, 7) is 0. The Morgan fingerprint density at radius 2 is 1.84 bits per heavy atom. The van der Waals surface area contributed by atoms with Gasteiger partial charge in [-0.1, -0.05) is 0 Å². The average Bonchev–Trinajstić information content (AvgIpc) is 2.40. The predicted molar refractivity (Wildman–Crippen MR) is 70.2 cm³/mol. The first-order valence-electron chi connectivity index (χ1n) is 5.25. The molecule has 0 fully saturated rings. The zero-order chi connectivity index (χ0) is 13.7. The number of nitriles is 1. The maximum atomic E-state index is 13.4.